The van der Waals surface area contributed by atoms with Crippen molar-refractivity contribution in [3.8, 4) is 17.0 Å². The molecule has 1 atom stereocenters. The summed E-state index contributed by atoms with van der Waals surface area (Å²) in [5.41, 5.74) is 10.3. The predicted molar refractivity (Wildman–Crippen MR) is 146 cm³/mol. The number of aryl methyl sites for hydroxylation is 1. The Morgan fingerprint density at radius 2 is 1.93 bits per heavy atom. The van der Waals surface area contributed by atoms with Gasteiger partial charge in [0, 0.05) is 24.4 Å². The first-order chi connectivity index (χ1) is 19.0. The Morgan fingerprint density at radius 3 is 2.60 bits per heavy atom. The summed E-state index contributed by atoms with van der Waals surface area (Å²) in [6.07, 6.45) is 3.68. The predicted octanol–water partition coefficient (Wildman–Crippen LogP) is 5.26. The van der Waals surface area contributed by atoms with Crippen LogP contribution in [0.2, 0.25) is 0 Å². The molecule has 0 bridgehead atoms. The van der Waals surface area contributed by atoms with E-state index >= 15 is 0 Å². The van der Waals surface area contributed by atoms with Crippen molar-refractivity contribution in [1.82, 2.24) is 14.8 Å². The molecule has 2 aromatic heterocycles. The van der Waals surface area contributed by atoms with Crippen LogP contribution in [0.15, 0.2) is 54.7 Å². The number of pyridine rings is 1. The zero-order valence-corrected chi connectivity index (χ0v) is 22.4. The maximum atomic E-state index is 13.4. The van der Waals surface area contributed by atoms with Gasteiger partial charge in [-0.3, -0.25) is 9.40 Å². The van der Waals surface area contributed by atoms with Crippen LogP contribution in [-0.4, -0.2) is 42.2 Å². The number of nitrogens with two attached hydrogens (primary N) is 1. The highest BCUT2D eigenvalue weighted by molar-refractivity contribution is 7.93. The lowest BCUT2D eigenvalue weighted by Crippen LogP contribution is -2.21. The molecule has 0 fully saturated rings. The van der Waals surface area contributed by atoms with Crippen LogP contribution in [0.4, 0.5) is 24.7 Å². The summed E-state index contributed by atoms with van der Waals surface area (Å²) in [6, 6.07) is 9.87. The van der Waals surface area contributed by atoms with Crippen molar-refractivity contribution in [2.45, 2.75) is 25.2 Å². The third kappa shape index (κ3) is 5.34. The van der Waals surface area contributed by atoms with Crippen LogP contribution in [0.3, 0.4) is 0 Å². The Labute approximate surface area is 228 Å². The maximum absolute atomic E-state index is 13.4. The van der Waals surface area contributed by atoms with E-state index in [1.54, 1.807) is 24.9 Å². The van der Waals surface area contributed by atoms with Gasteiger partial charge in [-0.25, -0.2) is 17.8 Å². The van der Waals surface area contributed by atoms with E-state index in [0.29, 0.717) is 41.8 Å². The molecule has 0 spiro atoms. The summed E-state index contributed by atoms with van der Waals surface area (Å²) in [5.74, 6) is -3.89. The van der Waals surface area contributed by atoms with E-state index in [4.69, 9.17) is 15.2 Å². The molecule has 9 nitrogen and oxygen atoms in total. The summed E-state index contributed by atoms with van der Waals surface area (Å²) >= 11 is 0. The van der Waals surface area contributed by atoms with E-state index in [9.17, 15) is 21.6 Å². The number of ether oxygens (including phenoxy) is 2. The minimum absolute atomic E-state index is 0.0350. The standard InChI is InChI=1S/C27H26F3N5O4S/c1-15(16-3-6-19(28)7-4-16)39-22-13-18(5-8-21(22)34-40(36,37)27(29)30)24-23-25(35(2)33-24)20(14-32-26(23)31)17-9-11-38-12-10-17/h3-9,13-15,27,34H,10-12H2,1-2H3,(H2,31,32)/t15-/m0/s1. The smallest absolute Gasteiger partial charge is 0.355 e. The van der Waals surface area contributed by atoms with Gasteiger partial charge in [0.1, 0.15) is 29.2 Å². The Balaban J connectivity index is 1.63. The zero-order chi connectivity index (χ0) is 28.6. The second kappa shape index (κ2) is 10.8. The molecule has 1 aliphatic heterocycles. The minimum atomic E-state index is -4.99. The van der Waals surface area contributed by atoms with Gasteiger partial charge < -0.3 is 15.2 Å². The van der Waals surface area contributed by atoms with Crippen molar-refractivity contribution in [1.29, 1.82) is 0 Å². The zero-order valence-electron chi connectivity index (χ0n) is 21.6. The van der Waals surface area contributed by atoms with Crippen molar-refractivity contribution >= 4 is 38.0 Å². The summed E-state index contributed by atoms with van der Waals surface area (Å²) in [7, 11) is -3.22. The number of anilines is 2. The SMILES string of the molecule is C[C@H](Oc1cc(-c2nn(C)c3c(C4=CCOCC4)cnc(N)c23)ccc1NS(=O)(=O)C(F)F)c1ccc(F)cc1. The molecule has 3 N–H and O–H groups in total. The monoisotopic (exact) mass is 573 g/mol. The highest BCUT2D eigenvalue weighted by atomic mass is 32.2. The lowest BCUT2D eigenvalue weighted by molar-refractivity contribution is 0.161. The average Bonchev–Trinajstić information content (AvgIpc) is 3.28. The largest absolute Gasteiger partial charge is 0.484 e. The summed E-state index contributed by atoms with van der Waals surface area (Å²) in [5, 5.41) is 5.25. The van der Waals surface area contributed by atoms with Gasteiger partial charge in [-0.05, 0) is 48.7 Å². The fourth-order valence-corrected chi connectivity index (χ4v) is 5.15. The number of alkyl halides is 2. The molecule has 3 heterocycles. The number of aromatic nitrogens is 3. The number of hydrogen-bond donors (Lipinski definition) is 2. The van der Waals surface area contributed by atoms with Gasteiger partial charge in [0.05, 0.1) is 29.8 Å². The Morgan fingerprint density at radius 1 is 1.18 bits per heavy atom. The van der Waals surface area contributed by atoms with Crippen molar-refractivity contribution < 1.29 is 31.1 Å². The molecule has 0 unspecified atom stereocenters. The second-order valence-electron chi connectivity index (χ2n) is 9.24. The quantitative estimate of drug-likeness (QED) is 0.295. The van der Waals surface area contributed by atoms with Gasteiger partial charge in [0.25, 0.3) is 10.0 Å². The normalized spacial score (nSPS) is 14.8. The lowest BCUT2D eigenvalue weighted by atomic mass is 9.99. The van der Waals surface area contributed by atoms with Crippen LogP contribution in [0.1, 0.15) is 30.6 Å². The molecule has 13 heteroatoms. The third-order valence-electron chi connectivity index (χ3n) is 6.59. The van der Waals surface area contributed by atoms with Crippen LogP contribution < -0.4 is 15.2 Å². The number of nitrogen functional groups attached to an aromatic ring is 1. The molecular weight excluding hydrogens is 547 g/mol. The molecule has 1 aliphatic rings. The Kier molecular flexibility index (Phi) is 7.43. The van der Waals surface area contributed by atoms with Crippen LogP contribution in [0, 0.1) is 5.82 Å². The van der Waals surface area contributed by atoms with Gasteiger partial charge in [0.15, 0.2) is 0 Å². The van der Waals surface area contributed by atoms with Crippen LogP contribution >= 0.6 is 0 Å². The molecule has 0 aliphatic carbocycles. The number of benzene rings is 2. The Hall–Kier alpha value is -4.10. The van der Waals surface area contributed by atoms with Crippen molar-refractivity contribution in [3.63, 3.8) is 0 Å². The van der Waals surface area contributed by atoms with E-state index in [-0.39, 0.29) is 17.3 Å². The first kappa shape index (κ1) is 27.5. The Bertz CT molecular complexity index is 1710. The van der Waals surface area contributed by atoms with E-state index in [1.807, 2.05) is 10.8 Å². The summed E-state index contributed by atoms with van der Waals surface area (Å²) in [4.78, 5) is 4.39. The molecule has 0 saturated heterocycles. The third-order valence-corrected chi connectivity index (χ3v) is 7.56. The van der Waals surface area contributed by atoms with Crippen molar-refractivity contribution in [3.05, 3.63) is 71.7 Å². The summed E-state index contributed by atoms with van der Waals surface area (Å²) in [6.45, 7) is 2.72. The van der Waals surface area contributed by atoms with Gasteiger partial charge in [-0.1, -0.05) is 24.3 Å². The number of nitrogens with one attached hydrogen (secondary N) is 1. The van der Waals surface area contributed by atoms with Gasteiger partial charge >= 0.3 is 5.76 Å². The minimum Gasteiger partial charge on any atom is -0.484 e. The van der Waals surface area contributed by atoms with E-state index in [0.717, 1.165) is 16.7 Å². The van der Waals surface area contributed by atoms with E-state index < -0.39 is 27.7 Å². The van der Waals surface area contributed by atoms with Crippen LogP contribution in [0.5, 0.6) is 5.75 Å². The van der Waals surface area contributed by atoms with E-state index in [2.05, 4.69) is 10.1 Å². The van der Waals surface area contributed by atoms with Crippen molar-refractivity contribution in [2.75, 3.05) is 23.7 Å². The van der Waals surface area contributed by atoms with Gasteiger partial charge in [-0.15, -0.1) is 0 Å². The molecular formula is C27H26F3N5O4S. The number of hydrogen-bond acceptors (Lipinski definition) is 7. The first-order valence-corrected chi connectivity index (χ1v) is 13.8. The number of halogens is 3. The fraction of sp³-hybridized carbons (Fsp3) is 0.259. The van der Waals surface area contributed by atoms with E-state index in [1.165, 1.54) is 42.5 Å². The molecule has 0 saturated carbocycles. The molecule has 2 aromatic carbocycles. The van der Waals surface area contributed by atoms with Crippen LogP contribution in [0.25, 0.3) is 27.7 Å². The maximum Gasteiger partial charge on any atom is 0.355 e. The number of fused-ring (bicyclic) bond motifs is 1. The summed E-state index contributed by atoms with van der Waals surface area (Å²) < 4.78 is 78.8. The first-order valence-electron chi connectivity index (χ1n) is 12.3. The topological polar surface area (TPSA) is 121 Å². The highest BCUT2D eigenvalue weighted by Gasteiger charge is 2.27. The molecule has 210 valence electrons. The molecule has 5 rings (SSSR count). The highest BCUT2D eigenvalue weighted by Crippen LogP contribution is 2.40. The second-order valence-corrected chi connectivity index (χ2v) is 10.9. The fourth-order valence-electron chi connectivity index (χ4n) is 4.59. The molecule has 0 radical (unpaired) electrons. The molecule has 40 heavy (non-hydrogen) atoms. The van der Waals surface area contributed by atoms with Gasteiger partial charge in [0.2, 0.25) is 0 Å². The average molecular weight is 574 g/mol. The number of rotatable bonds is 8. The van der Waals surface area contributed by atoms with Gasteiger partial charge in [-0.2, -0.15) is 13.9 Å². The number of nitrogens with zero attached hydrogens (tertiary/aromatic N) is 3. The lowest BCUT2D eigenvalue weighted by Gasteiger charge is -2.19. The molecule has 4 aromatic rings. The van der Waals surface area contributed by atoms with Crippen molar-refractivity contribution in [2.24, 2.45) is 7.05 Å². The van der Waals surface area contributed by atoms with Crippen LogP contribution in [-0.2, 0) is 21.8 Å². The number of sulfonamides is 1. The molecule has 0 amide bonds.